The number of aliphatic hydroxyl groups is 11. The highest BCUT2D eigenvalue weighted by molar-refractivity contribution is 5.78. The van der Waals surface area contributed by atoms with Gasteiger partial charge in [0.1, 0.15) is 73.7 Å². The highest BCUT2D eigenvalue weighted by atomic mass is 16.7. The van der Waals surface area contributed by atoms with Crippen LogP contribution in [0.25, 0.3) is 0 Å². The van der Waals surface area contributed by atoms with Gasteiger partial charge in [-0.2, -0.15) is 0 Å². The zero-order valence-electron chi connectivity index (χ0n) is 24.8. The third-order valence-corrected chi connectivity index (χ3v) is 7.97. The number of aliphatic carboxylic acids is 1. The van der Waals surface area contributed by atoms with Crippen molar-refractivity contribution in [3.05, 3.63) is 0 Å². The van der Waals surface area contributed by atoms with Crippen LogP contribution in [-0.4, -0.2) is 203 Å². The molecule has 0 saturated carbocycles. The zero-order valence-corrected chi connectivity index (χ0v) is 24.8. The Hall–Kier alpha value is -2.23. The molecule has 0 aromatic rings. The summed E-state index contributed by atoms with van der Waals surface area (Å²) in [5.74, 6) is -6.66. The summed E-state index contributed by atoms with van der Waals surface area (Å²) in [5, 5.41) is 126. The van der Waals surface area contributed by atoms with Gasteiger partial charge in [0.2, 0.25) is 11.8 Å². The maximum absolute atomic E-state index is 12.5. The monoisotopic (exact) mass is 690 g/mol. The summed E-state index contributed by atoms with van der Waals surface area (Å²) >= 11 is 0. The first-order chi connectivity index (χ1) is 22.0. The fourth-order valence-electron chi connectivity index (χ4n) is 5.45. The predicted molar refractivity (Wildman–Crippen MR) is 143 cm³/mol. The van der Waals surface area contributed by atoms with Crippen LogP contribution in [0.4, 0.5) is 0 Å². The van der Waals surface area contributed by atoms with E-state index in [4.69, 9.17) is 28.8 Å². The molecule has 47 heavy (non-hydrogen) atoms. The van der Waals surface area contributed by atoms with Gasteiger partial charge in [0.05, 0.1) is 32.0 Å². The lowest BCUT2D eigenvalue weighted by Crippen LogP contribution is -2.69. The topological polar surface area (TPSA) is 364 Å². The highest BCUT2D eigenvalue weighted by Crippen LogP contribution is 2.35. The molecule has 3 heterocycles. The molecule has 272 valence electrons. The molecule has 0 bridgehead atoms. The quantitative estimate of drug-likeness (QED) is 0.0852. The second-order valence-electron chi connectivity index (χ2n) is 11.3. The Morgan fingerprint density at radius 2 is 1.55 bits per heavy atom. The molecule has 0 radical (unpaired) electrons. The molecule has 0 aromatic heterocycles. The van der Waals surface area contributed by atoms with Crippen LogP contribution in [0.15, 0.2) is 0 Å². The van der Waals surface area contributed by atoms with Crippen molar-refractivity contribution in [3.63, 3.8) is 0 Å². The Labute approximate surface area is 265 Å². The van der Waals surface area contributed by atoms with Gasteiger partial charge in [-0.05, 0) is 0 Å². The first kappa shape index (κ1) is 39.2. The summed E-state index contributed by atoms with van der Waals surface area (Å²) in [7, 11) is 0. The SMILES string of the molecule is CC(=O)N[C@H]1C(O)O[C@H](CO[C@]2(C(=O)O)C[C@H](O)[C@@H](NC(=O)CO)[C@H]([C@H](O)[C@H](O)CO)O2)[C@H](O)[C@@H]1OC1O[C@H](CO)[C@H](O)[C@H](O)[C@H]1O. The van der Waals surface area contributed by atoms with E-state index in [0.717, 1.165) is 6.92 Å². The number of carbonyl (C=O) groups is 3. The van der Waals surface area contributed by atoms with Crippen molar-refractivity contribution in [2.45, 2.75) is 111 Å². The first-order valence-electron chi connectivity index (χ1n) is 14.4. The lowest BCUT2D eigenvalue weighted by Gasteiger charge is -2.48. The van der Waals surface area contributed by atoms with E-state index >= 15 is 0 Å². The van der Waals surface area contributed by atoms with Gasteiger partial charge in [-0.1, -0.05) is 0 Å². The minimum Gasteiger partial charge on any atom is -0.477 e. The number of carboxylic acids is 1. The number of carbonyl (C=O) groups excluding carboxylic acids is 2. The fourth-order valence-corrected chi connectivity index (χ4v) is 5.45. The standard InChI is InChI=1S/C25H42N2O20/c1-7(31)26-14-20(46-23-19(39)18(38)16(36)10(4-29)45-23)17(37)11(44-22(14)40)6-43-25(24(41)42)2-8(32)13(27-12(34)5-30)21(47-25)15(35)9(33)3-28/h8-11,13-23,28-30,32-33,35-40H,2-6H2,1H3,(H,26,31)(H,27,34)(H,41,42)/t8-,9+,10+,11+,13+,14+,15+,16-,17-,18-,19+,20+,21+,22?,23?,25+/m0/s1. The molecule has 14 N–H and O–H groups in total. The molecule has 22 nitrogen and oxygen atoms in total. The largest absolute Gasteiger partial charge is 0.477 e. The number of hydrogen-bond acceptors (Lipinski definition) is 19. The number of amides is 2. The summed E-state index contributed by atoms with van der Waals surface area (Å²) in [6, 6.07) is -3.24. The molecule has 3 rings (SSSR count). The van der Waals surface area contributed by atoms with Crippen molar-refractivity contribution < 1.29 is 99.3 Å². The van der Waals surface area contributed by atoms with Gasteiger partial charge < -0.3 is 95.6 Å². The molecular weight excluding hydrogens is 648 g/mol. The van der Waals surface area contributed by atoms with Crippen molar-refractivity contribution in [1.29, 1.82) is 0 Å². The van der Waals surface area contributed by atoms with Crippen molar-refractivity contribution in [2.75, 3.05) is 26.4 Å². The lowest BCUT2D eigenvalue weighted by atomic mass is 9.88. The molecule has 2 amide bonds. The number of hydrogen-bond donors (Lipinski definition) is 14. The average molecular weight is 691 g/mol. The maximum atomic E-state index is 12.5. The van der Waals surface area contributed by atoms with Crippen LogP contribution < -0.4 is 10.6 Å². The molecule has 3 saturated heterocycles. The molecule has 0 aromatic carbocycles. The summed E-state index contributed by atoms with van der Waals surface area (Å²) in [6.07, 6.45) is -25.5. The van der Waals surface area contributed by atoms with Crippen LogP contribution in [0.1, 0.15) is 13.3 Å². The highest BCUT2D eigenvalue weighted by Gasteiger charge is 2.57. The van der Waals surface area contributed by atoms with Crippen LogP contribution in [-0.2, 0) is 38.1 Å². The van der Waals surface area contributed by atoms with E-state index in [1.807, 2.05) is 0 Å². The smallest absolute Gasteiger partial charge is 0.364 e. The second kappa shape index (κ2) is 16.4. The predicted octanol–water partition coefficient (Wildman–Crippen LogP) is -9.11. The molecule has 0 aliphatic carbocycles. The number of ether oxygens (including phenoxy) is 5. The average Bonchev–Trinajstić information content (AvgIpc) is 3.03. The minimum absolute atomic E-state index is 0.756. The van der Waals surface area contributed by atoms with Gasteiger partial charge in [0.15, 0.2) is 12.6 Å². The Morgan fingerprint density at radius 3 is 2.11 bits per heavy atom. The Kier molecular flexibility index (Phi) is 13.7. The van der Waals surface area contributed by atoms with E-state index in [2.05, 4.69) is 10.6 Å². The number of aliphatic hydroxyl groups excluding tert-OH is 11. The van der Waals surface area contributed by atoms with Gasteiger partial charge in [-0.25, -0.2) is 4.79 Å². The normalized spacial score (nSPS) is 42.3. The number of carboxylic acid groups (broad SMARTS) is 1. The molecule has 16 atom stereocenters. The molecule has 3 aliphatic rings. The number of rotatable bonds is 13. The van der Waals surface area contributed by atoms with Crippen LogP contribution in [0.5, 0.6) is 0 Å². The van der Waals surface area contributed by atoms with E-state index in [0.29, 0.717) is 0 Å². The summed E-state index contributed by atoms with van der Waals surface area (Å²) < 4.78 is 27.1. The van der Waals surface area contributed by atoms with E-state index < -0.39 is 148 Å². The fraction of sp³-hybridized carbons (Fsp3) is 0.880. The van der Waals surface area contributed by atoms with Crippen molar-refractivity contribution in [1.82, 2.24) is 10.6 Å². The van der Waals surface area contributed by atoms with Crippen LogP contribution in [0, 0.1) is 0 Å². The van der Waals surface area contributed by atoms with Gasteiger partial charge in [-0.15, -0.1) is 0 Å². The molecule has 22 heteroatoms. The van der Waals surface area contributed by atoms with Gasteiger partial charge in [-0.3, -0.25) is 9.59 Å². The number of nitrogens with one attached hydrogen (secondary N) is 2. The van der Waals surface area contributed by atoms with Crippen molar-refractivity contribution >= 4 is 17.8 Å². The van der Waals surface area contributed by atoms with E-state index in [9.17, 15) is 70.6 Å². The third-order valence-electron chi connectivity index (χ3n) is 7.97. The van der Waals surface area contributed by atoms with Crippen molar-refractivity contribution in [2.24, 2.45) is 0 Å². The van der Waals surface area contributed by atoms with Crippen LogP contribution >= 0.6 is 0 Å². The van der Waals surface area contributed by atoms with E-state index in [1.165, 1.54) is 0 Å². The maximum Gasteiger partial charge on any atom is 0.364 e. The second-order valence-corrected chi connectivity index (χ2v) is 11.3. The Balaban J connectivity index is 1.88. The summed E-state index contributed by atoms with van der Waals surface area (Å²) in [6.45, 7) is -2.95. The first-order valence-corrected chi connectivity index (χ1v) is 14.4. The third kappa shape index (κ3) is 8.69. The molecular formula is C25H42N2O20. The zero-order chi connectivity index (χ0) is 35.4. The summed E-state index contributed by atoms with van der Waals surface area (Å²) in [4.78, 5) is 36.2. The Bertz CT molecular complexity index is 1070. The molecule has 3 fully saturated rings. The van der Waals surface area contributed by atoms with Gasteiger partial charge >= 0.3 is 5.97 Å². The van der Waals surface area contributed by atoms with Crippen LogP contribution in [0.3, 0.4) is 0 Å². The van der Waals surface area contributed by atoms with E-state index in [-0.39, 0.29) is 0 Å². The molecule has 2 unspecified atom stereocenters. The summed E-state index contributed by atoms with van der Waals surface area (Å²) in [5.41, 5.74) is 0. The van der Waals surface area contributed by atoms with E-state index in [1.54, 1.807) is 0 Å². The molecule has 3 aliphatic heterocycles. The lowest BCUT2D eigenvalue weighted by molar-refractivity contribution is -0.351. The minimum atomic E-state index is -2.91. The van der Waals surface area contributed by atoms with Crippen LogP contribution in [0.2, 0.25) is 0 Å². The molecule has 0 spiro atoms. The van der Waals surface area contributed by atoms with Crippen molar-refractivity contribution in [3.8, 4) is 0 Å². The van der Waals surface area contributed by atoms with Gasteiger partial charge in [0.25, 0.3) is 5.79 Å². The Morgan fingerprint density at radius 1 is 0.894 bits per heavy atom. The van der Waals surface area contributed by atoms with Gasteiger partial charge in [0, 0.05) is 13.3 Å².